The molecular formula is C18H17N6NaO5S2. The number of nitrogens with one attached hydrogen (secondary N) is 1. The van der Waals surface area contributed by atoms with Gasteiger partial charge in [0, 0.05) is 18.6 Å². The quantitative estimate of drug-likeness (QED) is 0.223. The number of rotatable bonds is 7. The monoisotopic (exact) mass is 484 g/mol. The number of aliphatic hydroxyl groups excluding tert-OH is 1. The van der Waals surface area contributed by atoms with Crippen LogP contribution in [0.1, 0.15) is 11.7 Å². The molecule has 1 aromatic carbocycles. The molecule has 2 N–H and O–H groups in total. The summed E-state index contributed by atoms with van der Waals surface area (Å²) in [5, 5.41) is 35.6. The van der Waals surface area contributed by atoms with Crippen LogP contribution < -0.4 is 40.0 Å². The number of carboxylic acid groups (broad SMARTS) is 1. The van der Waals surface area contributed by atoms with E-state index >= 15 is 0 Å². The van der Waals surface area contributed by atoms with Crippen molar-refractivity contribution in [3.8, 4) is 0 Å². The zero-order chi connectivity index (χ0) is 22.1. The molecule has 162 valence electrons. The minimum Gasteiger partial charge on any atom is -0.543 e. The van der Waals surface area contributed by atoms with E-state index in [1.54, 1.807) is 37.4 Å². The summed E-state index contributed by atoms with van der Waals surface area (Å²) >= 11 is 2.58. The number of amides is 2. The van der Waals surface area contributed by atoms with Gasteiger partial charge in [0.25, 0.3) is 11.8 Å². The average Bonchev–Trinajstić information content (AvgIpc) is 3.19. The zero-order valence-corrected chi connectivity index (χ0v) is 20.8. The third-order valence-corrected chi connectivity index (χ3v) is 7.30. The molecule has 2 aromatic rings. The molecule has 11 nitrogen and oxygen atoms in total. The Morgan fingerprint density at radius 3 is 2.72 bits per heavy atom. The van der Waals surface area contributed by atoms with Gasteiger partial charge in [-0.05, 0) is 21.6 Å². The molecule has 0 bridgehead atoms. The topological polar surface area (TPSA) is 153 Å². The number of tetrazole rings is 1. The van der Waals surface area contributed by atoms with Crippen LogP contribution >= 0.6 is 23.5 Å². The second-order valence-corrected chi connectivity index (χ2v) is 8.87. The van der Waals surface area contributed by atoms with Crippen molar-refractivity contribution in [1.29, 1.82) is 0 Å². The Labute approximate surface area is 213 Å². The van der Waals surface area contributed by atoms with Crippen LogP contribution in [0.3, 0.4) is 0 Å². The molecule has 4 rings (SSSR count). The Morgan fingerprint density at radius 1 is 1.38 bits per heavy atom. The minimum absolute atomic E-state index is 0. The van der Waals surface area contributed by atoms with Gasteiger partial charge in [0.2, 0.25) is 5.16 Å². The molecule has 3 heterocycles. The molecule has 0 aliphatic carbocycles. The van der Waals surface area contributed by atoms with E-state index < -0.39 is 35.3 Å². The molecule has 0 saturated carbocycles. The molecule has 2 aliphatic rings. The molecule has 0 spiro atoms. The van der Waals surface area contributed by atoms with Crippen LogP contribution in [0.2, 0.25) is 0 Å². The second kappa shape index (κ2) is 10.4. The molecule has 1 aromatic heterocycles. The van der Waals surface area contributed by atoms with E-state index in [0.29, 0.717) is 22.0 Å². The van der Waals surface area contributed by atoms with Crippen LogP contribution in [0, 0.1) is 0 Å². The van der Waals surface area contributed by atoms with Gasteiger partial charge >= 0.3 is 29.6 Å². The van der Waals surface area contributed by atoms with E-state index in [4.69, 9.17) is 0 Å². The van der Waals surface area contributed by atoms with Crippen LogP contribution in [0.5, 0.6) is 0 Å². The number of carbonyl (C=O) groups is 3. The largest absolute Gasteiger partial charge is 1.00 e. The third kappa shape index (κ3) is 4.72. The Balaban J connectivity index is 0.00000289. The number of hydrogen-bond acceptors (Lipinski definition) is 10. The molecule has 32 heavy (non-hydrogen) atoms. The van der Waals surface area contributed by atoms with Crippen molar-refractivity contribution in [3.63, 3.8) is 0 Å². The number of aliphatic carboxylic acids is 1. The number of aromatic nitrogens is 4. The van der Waals surface area contributed by atoms with E-state index in [2.05, 4.69) is 20.8 Å². The van der Waals surface area contributed by atoms with E-state index in [1.807, 2.05) is 0 Å². The number of nitrogens with zero attached hydrogens (tertiary/aromatic N) is 5. The smallest absolute Gasteiger partial charge is 0.543 e. The summed E-state index contributed by atoms with van der Waals surface area (Å²) in [4.78, 5) is 38.0. The van der Waals surface area contributed by atoms with Crippen LogP contribution in [0.25, 0.3) is 0 Å². The van der Waals surface area contributed by atoms with Gasteiger partial charge in [-0.3, -0.25) is 14.5 Å². The number of fused-ring (bicyclic) bond motifs is 1. The van der Waals surface area contributed by atoms with E-state index in [0.717, 1.165) is 4.90 Å². The maximum atomic E-state index is 12.7. The van der Waals surface area contributed by atoms with Crippen molar-refractivity contribution in [1.82, 2.24) is 30.4 Å². The molecule has 0 radical (unpaired) electrons. The Kier molecular flexibility index (Phi) is 8.01. The number of thioether (sulfide) groups is 2. The van der Waals surface area contributed by atoms with E-state index in [9.17, 15) is 24.6 Å². The normalized spacial score (nSPS) is 20.7. The van der Waals surface area contributed by atoms with Crippen molar-refractivity contribution in [3.05, 3.63) is 47.2 Å². The van der Waals surface area contributed by atoms with Crippen LogP contribution in [0.4, 0.5) is 0 Å². The van der Waals surface area contributed by atoms with Crippen molar-refractivity contribution in [2.45, 2.75) is 22.7 Å². The molecule has 2 amide bonds. The number of aryl methyl sites for hydroxylation is 1. The van der Waals surface area contributed by atoms with Crippen molar-refractivity contribution in [2.24, 2.45) is 7.05 Å². The first kappa shape index (κ1) is 24.7. The fourth-order valence-corrected chi connectivity index (χ4v) is 5.63. The number of carboxylic acids is 1. The van der Waals surface area contributed by atoms with Gasteiger partial charge < -0.3 is 20.3 Å². The van der Waals surface area contributed by atoms with E-state index in [-0.39, 0.29) is 41.0 Å². The van der Waals surface area contributed by atoms with Gasteiger partial charge in [-0.15, -0.1) is 16.9 Å². The summed E-state index contributed by atoms with van der Waals surface area (Å²) in [6, 6.07) is 7.40. The number of benzene rings is 1. The van der Waals surface area contributed by atoms with Gasteiger partial charge in [-0.25, -0.2) is 4.68 Å². The van der Waals surface area contributed by atoms with Crippen LogP contribution in [0.15, 0.2) is 46.8 Å². The zero-order valence-electron chi connectivity index (χ0n) is 17.2. The summed E-state index contributed by atoms with van der Waals surface area (Å²) in [5.41, 5.74) is 0.718. The number of aliphatic hydroxyl groups is 1. The second-order valence-electron chi connectivity index (χ2n) is 6.82. The molecule has 1 saturated heterocycles. The van der Waals surface area contributed by atoms with E-state index in [1.165, 1.54) is 28.2 Å². The maximum Gasteiger partial charge on any atom is 1.00 e. The molecule has 2 unspecified atom stereocenters. The predicted molar refractivity (Wildman–Crippen MR) is 108 cm³/mol. The first-order chi connectivity index (χ1) is 14.9. The SMILES string of the molecule is Cn1nnnc1SCC1=C(C(=O)[O-])N2C(=O)C(NC(=O)[C@@H](O)c3ccccc3)C2SC1.[Na+]. The summed E-state index contributed by atoms with van der Waals surface area (Å²) < 4.78 is 1.46. The average molecular weight is 484 g/mol. The molecule has 2 aliphatic heterocycles. The summed E-state index contributed by atoms with van der Waals surface area (Å²) in [6.07, 6.45) is -1.43. The maximum absolute atomic E-state index is 12.7. The van der Waals surface area contributed by atoms with Crippen molar-refractivity contribution < 1.29 is 54.2 Å². The van der Waals surface area contributed by atoms with Gasteiger partial charge in [0.15, 0.2) is 6.10 Å². The number of carbonyl (C=O) groups excluding carboxylic acids is 3. The number of hydrogen-bond donors (Lipinski definition) is 2. The minimum atomic E-state index is -1.46. The number of β-lactam (4-membered cyclic amide) rings is 1. The molecule has 1 fully saturated rings. The van der Waals surface area contributed by atoms with Gasteiger partial charge in [0.05, 0.1) is 11.7 Å². The van der Waals surface area contributed by atoms with Crippen LogP contribution in [-0.2, 0) is 21.4 Å². The third-order valence-electron chi connectivity index (χ3n) is 4.86. The fourth-order valence-electron chi connectivity index (χ4n) is 3.30. The summed E-state index contributed by atoms with van der Waals surface area (Å²) in [7, 11) is 1.66. The van der Waals surface area contributed by atoms with Gasteiger partial charge in [0.1, 0.15) is 11.4 Å². The van der Waals surface area contributed by atoms with Crippen molar-refractivity contribution in [2.75, 3.05) is 11.5 Å². The van der Waals surface area contributed by atoms with Crippen LogP contribution in [-0.4, -0.2) is 70.9 Å². The summed E-state index contributed by atoms with van der Waals surface area (Å²) in [6.45, 7) is 0. The van der Waals surface area contributed by atoms with Gasteiger partial charge in [-0.1, -0.05) is 42.1 Å². The first-order valence-corrected chi connectivity index (χ1v) is 11.2. The molecular weight excluding hydrogens is 467 g/mol. The Hall–Kier alpha value is -1.90. The fraction of sp³-hybridized carbons (Fsp3) is 0.333. The predicted octanol–water partition coefficient (Wildman–Crippen LogP) is -4.56. The Bertz CT molecular complexity index is 1070. The Morgan fingerprint density at radius 2 is 2.09 bits per heavy atom. The standard InChI is InChI=1S/C18H18N6O5S2.Na/c1-23-18(20-21-22-23)31-8-10-7-30-16-11(15(27)24(16)12(10)17(28)29)19-14(26)13(25)9-5-3-2-4-6-9;/h2-6,11,13,16,25H,7-8H2,1H3,(H,19,26)(H,28,29);/q;+1/p-1/t11?,13-,16?;/m0./s1. The van der Waals surface area contributed by atoms with Gasteiger partial charge in [-0.2, -0.15) is 0 Å². The first-order valence-electron chi connectivity index (χ1n) is 9.15. The summed E-state index contributed by atoms with van der Waals surface area (Å²) in [5.74, 6) is -2.14. The molecule has 3 atom stereocenters. The van der Waals surface area contributed by atoms with Crippen molar-refractivity contribution >= 4 is 41.3 Å². The molecule has 14 heteroatoms.